The van der Waals surface area contributed by atoms with E-state index in [1.807, 2.05) is 11.8 Å². The Balaban J connectivity index is 2.24. The first-order chi connectivity index (χ1) is 10.9. The average molecular weight is 339 g/mol. The van der Waals surface area contributed by atoms with Crippen molar-refractivity contribution in [1.29, 1.82) is 0 Å². The molecule has 1 N–H and O–H groups in total. The zero-order valence-electron chi connectivity index (χ0n) is 15.1. The van der Waals surface area contributed by atoms with Crippen molar-refractivity contribution in [3.63, 3.8) is 0 Å². The van der Waals surface area contributed by atoms with Crippen molar-refractivity contribution in [2.75, 3.05) is 32.6 Å². The van der Waals surface area contributed by atoms with Gasteiger partial charge in [-0.05, 0) is 31.4 Å². The van der Waals surface area contributed by atoms with Crippen molar-refractivity contribution >= 4 is 17.7 Å². The maximum absolute atomic E-state index is 12.5. The monoisotopic (exact) mass is 338 g/mol. The highest BCUT2D eigenvalue weighted by Gasteiger charge is 2.29. The molecule has 130 valence electrons. The molecule has 1 aliphatic rings. The van der Waals surface area contributed by atoms with Crippen molar-refractivity contribution in [1.82, 2.24) is 20.0 Å². The molecule has 1 atom stereocenters. The van der Waals surface area contributed by atoms with Crippen LogP contribution in [0.1, 0.15) is 42.0 Å². The van der Waals surface area contributed by atoms with Crippen molar-refractivity contribution in [2.24, 2.45) is 5.92 Å². The van der Waals surface area contributed by atoms with Crippen LogP contribution < -0.4 is 5.32 Å². The lowest BCUT2D eigenvalue weighted by atomic mass is 9.91. The van der Waals surface area contributed by atoms with Gasteiger partial charge in [0.25, 0.3) is 5.91 Å². The van der Waals surface area contributed by atoms with Gasteiger partial charge in [-0.15, -0.1) is 0 Å². The molecule has 0 fully saturated rings. The number of carbonyl (C=O) groups excluding carboxylic acids is 1. The molecule has 0 bridgehead atoms. The van der Waals surface area contributed by atoms with E-state index in [1.54, 1.807) is 19.0 Å². The van der Waals surface area contributed by atoms with Crippen LogP contribution in [0.3, 0.4) is 0 Å². The highest BCUT2D eigenvalue weighted by molar-refractivity contribution is 7.98. The highest BCUT2D eigenvalue weighted by atomic mass is 32.2. The third-order valence-electron chi connectivity index (χ3n) is 4.23. The minimum absolute atomic E-state index is 0.0218. The number of hydrogen-bond donors (Lipinski definition) is 1. The summed E-state index contributed by atoms with van der Waals surface area (Å²) in [5, 5.41) is 8.30. The number of nitrogens with zero attached hydrogens (tertiary/aromatic N) is 3. The molecule has 1 amide bonds. The van der Waals surface area contributed by atoms with Gasteiger partial charge in [-0.3, -0.25) is 9.48 Å². The molecule has 1 aliphatic carbocycles. The molecule has 0 saturated heterocycles. The maximum atomic E-state index is 12.5. The van der Waals surface area contributed by atoms with E-state index in [0.717, 1.165) is 43.7 Å². The first-order valence-electron chi connectivity index (χ1n) is 8.46. The summed E-state index contributed by atoms with van der Waals surface area (Å²) in [4.78, 5) is 14.1. The fourth-order valence-electron chi connectivity index (χ4n) is 3.11. The van der Waals surface area contributed by atoms with Gasteiger partial charge in [0.1, 0.15) is 0 Å². The average Bonchev–Trinajstić information content (AvgIpc) is 2.84. The molecule has 1 unspecified atom stereocenters. The van der Waals surface area contributed by atoms with Crippen LogP contribution in [0.2, 0.25) is 0 Å². The van der Waals surface area contributed by atoms with Crippen molar-refractivity contribution < 1.29 is 4.79 Å². The molecule has 23 heavy (non-hydrogen) atoms. The van der Waals surface area contributed by atoms with Gasteiger partial charge >= 0.3 is 0 Å². The zero-order chi connectivity index (χ0) is 17.0. The Kier molecular flexibility index (Phi) is 6.53. The van der Waals surface area contributed by atoms with Crippen LogP contribution in [0, 0.1) is 5.92 Å². The van der Waals surface area contributed by atoms with Crippen LogP contribution in [-0.4, -0.2) is 59.3 Å². The summed E-state index contributed by atoms with van der Waals surface area (Å²) in [7, 11) is 3.60. The lowest BCUT2D eigenvalue weighted by Gasteiger charge is -2.25. The van der Waals surface area contributed by atoms with Gasteiger partial charge in [0, 0.05) is 50.2 Å². The number of aromatic nitrogens is 2. The number of nitrogens with one attached hydrogen (secondary N) is 1. The molecule has 5 nitrogen and oxygen atoms in total. The summed E-state index contributed by atoms with van der Waals surface area (Å²) in [5.74, 6) is 1.67. The minimum Gasteiger partial charge on any atom is -0.343 e. The Hall–Kier alpha value is -1.01. The SMILES string of the molecule is CSCCNC1CCc2c(c(C(=O)N(C)C)nn2CC(C)C)C1. The Morgan fingerprint density at radius 2 is 2.22 bits per heavy atom. The molecule has 1 aromatic heterocycles. The van der Waals surface area contributed by atoms with Gasteiger partial charge in [0.05, 0.1) is 0 Å². The van der Waals surface area contributed by atoms with Crippen molar-refractivity contribution in [3.8, 4) is 0 Å². The maximum Gasteiger partial charge on any atom is 0.274 e. The fraction of sp³-hybridized carbons (Fsp3) is 0.765. The minimum atomic E-state index is 0.0218. The largest absolute Gasteiger partial charge is 0.343 e. The summed E-state index contributed by atoms with van der Waals surface area (Å²) in [6.07, 6.45) is 5.18. The van der Waals surface area contributed by atoms with E-state index in [2.05, 4.69) is 35.2 Å². The van der Waals surface area contributed by atoms with E-state index in [9.17, 15) is 4.79 Å². The summed E-state index contributed by atoms with van der Waals surface area (Å²) in [6, 6.07) is 0.458. The standard InChI is InChI=1S/C17H30N4OS/c1-12(2)11-21-15-7-6-13(18-8-9-23-5)10-14(15)16(19-21)17(22)20(3)4/h12-13,18H,6-11H2,1-5H3. The van der Waals surface area contributed by atoms with Gasteiger partial charge < -0.3 is 10.2 Å². The molecule has 1 heterocycles. The molecule has 2 rings (SSSR count). The Labute approximate surface area is 144 Å². The Morgan fingerprint density at radius 1 is 1.48 bits per heavy atom. The number of thioether (sulfide) groups is 1. The molecule has 0 saturated carbocycles. The fourth-order valence-corrected chi connectivity index (χ4v) is 3.43. The van der Waals surface area contributed by atoms with Crippen molar-refractivity contribution in [3.05, 3.63) is 17.0 Å². The summed E-state index contributed by atoms with van der Waals surface area (Å²) in [5.41, 5.74) is 3.09. The molecule has 1 aromatic rings. The second kappa shape index (κ2) is 8.20. The van der Waals surface area contributed by atoms with E-state index in [-0.39, 0.29) is 5.91 Å². The molecular weight excluding hydrogens is 308 g/mol. The number of amides is 1. The Bertz CT molecular complexity index is 539. The van der Waals surface area contributed by atoms with E-state index in [0.29, 0.717) is 17.7 Å². The first-order valence-corrected chi connectivity index (χ1v) is 9.86. The lowest BCUT2D eigenvalue weighted by molar-refractivity contribution is 0.0819. The highest BCUT2D eigenvalue weighted by Crippen LogP contribution is 2.26. The summed E-state index contributed by atoms with van der Waals surface area (Å²) in [6.45, 7) is 6.29. The van der Waals surface area contributed by atoms with Gasteiger partial charge in [-0.1, -0.05) is 13.8 Å². The van der Waals surface area contributed by atoms with Gasteiger partial charge in [-0.2, -0.15) is 16.9 Å². The molecule has 0 aromatic carbocycles. The van der Waals surface area contributed by atoms with Gasteiger partial charge in [0.2, 0.25) is 0 Å². The number of rotatable bonds is 7. The van der Waals surface area contributed by atoms with Crippen LogP contribution in [-0.2, 0) is 19.4 Å². The quantitative estimate of drug-likeness (QED) is 0.773. The predicted molar refractivity (Wildman–Crippen MR) is 97.3 cm³/mol. The molecular formula is C17H30N4OS. The molecule has 0 aliphatic heterocycles. The van der Waals surface area contributed by atoms with Crippen LogP contribution in [0.4, 0.5) is 0 Å². The molecule has 0 radical (unpaired) electrons. The molecule has 6 heteroatoms. The second-order valence-electron chi connectivity index (χ2n) is 6.94. The predicted octanol–water partition coefficient (Wildman–Crippen LogP) is 2.05. The first kappa shape index (κ1) is 18.3. The second-order valence-corrected chi connectivity index (χ2v) is 7.92. The topological polar surface area (TPSA) is 50.2 Å². The number of hydrogen-bond acceptors (Lipinski definition) is 4. The van der Waals surface area contributed by atoms with Gasteiger partial charge in [0.15, 0.2) is 5.69 Å². The number of carbonyl (C=O) groups is 1. The summed E-state index contributed by atoms with van der Waals surface area (Å²) < 4.78 is 2.08. The van der Waals surface area contributed by atoms with E-state index in [1.165, 1.54) is 5.69 Å². The zero-order valence-corrected chi connectivity index (χ0v) is 15.9. The van der Waals surface area contributed by atoms with Crippen molar-refractivity contribution in [2.45, 2.75) is 45.7 Å². The smallest absolute Gasteiger partial charge is 0.274 e. The van der Waals surface area contributed by atoms with Crippen LogP contribution in [0.15, 0.2) is 0 Å². The normalized spacial score (nSPS) is 17.4. The Morgan fingerprint density at radius 3 is 2.83 bits per heavy atom. The van der Waals surface area contributed by atoms with Crippen LogP contribution >= 0.6 is 11.8 Å². The van der Waals surface area contributed by atoms with E-state index >= 15 is 0 Å². The summed E-state index contributed by atoms with van der Waals surface area (Å²) >= 11 is 1.86. The third-order valence-corrected chi connectivity index (χ3v) is 4.85. The lowest BCUT2D eigenvalue weighted by Crippen LogP contribution is -2.37. The molecule has 0 spiro atoms. The van der Waals surface area contributed by atoms with E-state index < -0.39 is 0 Å². The number of fused-ring (bicyclic) bond motifs is 1. The van der Waals surface area contributed by atoms with E-state index in [4.69, 9.17) is 0 Å². The van der Waals surface area contributed by atoms with Crippen LogP contribution in [0.5, 0.6) is 0 Å². The van der Waals surface area contributed by atoms with Crippen LogP contribution in [0.25, 0.3) is 0 Å². The van der Waals surface area contributed by atoms with Gasteiger partial charge in [-0.25, -0.2) is 0 Å². The third kappa shape index (κ3) is 4.51.